The number of hydrazone groups is 1. The third kappa shape index (κ3) is 4.43. The lowest BCUT2D eigenvalue weighted by Gasteiger charge is -2.17. The Morgan fingerprint density at radius 2 is 1.88 bits per heavy atom. The van der Waals surface area contributed by atoms with E-state index in [1.807, 2.05) is 37.3 Å². The molecule has 0 aromatic heterocycles. The monoisotopic (exact) mass is 230 g/mol. The lowest BCUT2D eigenvalue weighted by molar-refractivity contribution is 0.433. The van der Waals surface area contributed by atoms with Crippen molar-refractivity contribution in [3.8, 4) is 0 Å². The fraction of sp³-hybridized carbons (Fsp3) is 0.400. The predicted octanol–water partition coefficient (Wildman–Crippen LogP) is 3.55. The van der Waals surface area contributed by atoms with Gasteiger partial charge in [-0.2, -0.15) is 5.10 Å². The van der Waals surface area contributed by atoms with Crippen molar-refractivity contribution in [2.45, 2.75) is 20.3 Å². The van der Waals surface area contributed by atoms with Crippen molar-refractivity contribution < 1.29 is 0 Å². The second-order valence-electron chi connectivity index (χ2n) is 4.76. The van der Waals surface area contributed by atoms with Gasteiger partial charge in [0.05, 0.1) is 5.71 Å². The molecule has 1 atom stereocenters. The summed E-state index contributed by atoms with van der Waals surface area (Å²) in [6, 6.07) is 10.3. The Morgan fingerprint density at radius 3 is 2.35 bits per heavy atom. The van der Waals surface area contributed by atoms with Gasteiger partial charge in [0.15, 0.2) is 0 Å². The van der Waals surface area contributed by atoms with Crippen molar-refractivity contribution in [1.29, 1.82) is 0 Å². The lowest BCUT2D eigenvalue weighted by Crippen LogP contribution is -2.17. The lowest BCUT2D eigenvalue weighted by atomic mass is 9.93. The van der Waals surface area contributed by atoms with Gasteiger partial charge in [-0.25, -0.2) is 0 Å². The number of benzene rings is 1. The molecule has 1 aromatic rings. The summed E-state index contributed by atoms with van der Waals surface area (Å²) in [7, 11) is 3.91. The molecule has 0 saturated heterocycles. The van der Waals surface area contributed by atoms with Crippen molar-refractivity contribution in [2.75, 3.05) is 14.1 Å². The maximum atomic E-state index is 4.61. The molecule has 0 heterocycles. The Kier molecular flexibility index (Phi) is 4.95. The average molecular weight is 230 g/mol. The van der Waals surface area contributed by atoms with Crippen LogP contribution in [-0.2, 0) is 0 Å². The fourth-order valence-electron chi connectivity index (χ4n) is 1.88. The van der Waals surface area contributed by atoms with Gasteiger partial charge in [-0.3, -0.25) is 0 Å². The van der Waals surface area contributed by atoms with Crippen molar-refractivity contribution >= 4 is 5.71 Å². The summed E-state index contributed by atoms with van der Waals surface area (Å²) in [5.41, 5.74) is 3.51. The van der Waals surface area contributed by atoms with Crippen LogP contribution in [0.3, 0.4) is 0 Å². The van der Waals surface area contributed by atoms with Gasteiger partial charge in [0, 0.05) is 20.0 Å². The first-order valence-electron chi connectivity index (χ1n) is 5.96. The molecule has 1 aromatic carbocycles. The van der Waals surface area contributed by atoms with E-state index in [-0.39, 0.29) is 0 Å². The number of nitrogens with zero attached hydrogens (tertiary/aromatic N) is 2. The van der Waals surface area contributed by atoms with E-state index in [1.165, 1.54) is 11.1 Å². The first-order valence-corrected chi connectivity index (χ1v) is 5.96. The van der Waals surface area contributed by atoms with Crippen LogP contribution >= 0.6 is 0 Å². The van der Waals surface area contributed by atoms with E-state index in [1.54, 1.807) is 0 Å². The quantitative estimate of drug-likeness (QED) is 0.429. The molecule has 17 heavy (non-hydrogen) atoms. The molecule has 2 nitrogen and oxygen atoms in total. The number of hydrogen-bond acceptors (Lipinski definition) is 2. The third-order valence-corrected chi connectivity index (χ3v) is 2.50. The molecule has 0 saturated carbocycles. The Hall–Kier alpha value is -1.57. The van der Waals surface area contributed by atoms with E-state index in [0.717, 1.165) is 12.1 Å². The van der Waals surface area contributed by atoms with E-state index in [9.17, 15) is 0 Å². The van der Waals surface area contributed by atoms with Crippen molar-refractivity contribution in [2.24, 2.45) is 11.0 Å². The number of hydrogen-bond donors (Lipinski definition) is 0. The predicted molar refractivity (Wildman–Crippen MR) is 75.3 cm³/mol. The second kappa shape index (κ2) is 6.24. The molecule has 0 spiro atoms. The molecule has 0 bridgehead atoms. The summed E-state index contributed by atoms with van der Waals surface area (Å²) < 4.78 is 0. The molecule has 1 unspecified atom stereocenters. The maximum absolute atomic E-state index is 4.61. The van der Waals surface area contributed by atoms with Crippen LogP contribution in [0.2, 0.25) is 0 Å². The van der Waals surface area contributed by atoms with Crippen LogP contribution in [0, 0.1) is 5.92 Å². The van der Waals surface area contributed by atoms with E-state index in [2.05, 4.69) is 37.7 Å². The Labute approximate surface area is 105 Å². The summed E-state index contributed by atoms with van der Waals surface area (Å²) in [5, 5.41) is 6.47. The largest absolute Gasteiger partial charge is 0.303 e. The fourth-order valence-corrected chi connectivity index (χ4v) is 1.88. The maximum Gasteiger partial charge on any atom is 0.0708 e. The summed E-state index contributed by atoms with van der Waals surface area (Å²) >= 11 is 0. The SMILES string of the molecule is C=C(C)CC(C)C(=NN(C)C)c1ccccc1. The Balaban J connectivity index is 3.01. The summed E-state index contributed by atoms with van der Waals surface area (Å²) in [6.07, 6.45) is 0.974. The van der Waals surface area contributed by atoms with Crippen LogP contribution in [-0.4, -0.2) is 24.8 Å². The van der Waals surface area contributed by atoms with Gasteiger partial charge in [0.25, 0.3) is 0 Å². The van der Waals surface area contributed by atoms with E-state index < -0.39 is 0 Å². The van der Waals surface area contributed by atoms with Crippen LogP contribution in [0.5, 0.6) is 0 Å². The van der Waals surface area contributed by atoms with Gasteiger partial charge in [0.2, 0.25) is 0 Å². The normalized spacial score (nSPS) is 13.3. The first-order chi connectivity index (χ1) is 8.00. The van der Waals surface area contributed by atoms with Crippen LogP contribution in [0.1, 0.15) is 25.8 Å². The molecule has 1 rings (SSSR count). The zero-order chi connectivity index (χ0) is 12.8. The standard InChI is InChI=1S/C15H22N2/c1-12(2)11-13(3)15(16-17(4)5)14-9-7-6-8-10-14/h6-10,13H,1,11H2,2-5H3. The van der Waals surface area contributed by atoms with Gasteiger partial charge in [-0.1, -0.05) is 42.8 Å². The molecular formula is C15H22N2. The van der Waals surface area contributed by atoms with E-state index in [0.29, 0.717) is 5.92 Å². The molecule has 0 N–H and O–H groups in total. The number of rotatable bonds is 5. The molecule has 2 heteroatoms. The highest BCUT2D eigenvalue weighted by atomic mass is 15.4. The Bertz CT molecular complexity index is 391. The molecule has 0 aliphatic carbocycles. The van der Waals surface area contributed by atoms with Crippen molar-refractivity contribution in [3.05, 3.63) is 48.0 Å². The highest BCUT2D eigenvalue weighted by Gasteiger charge is 2.13. The third-order valence-electron chi connectivity index (χ3n) is 2.50. The minimum Gasteiger partial charge on any atom is -0.303 e. The van der Waals surface area contributed by atoms with E-state index in [4.69, 9.17) is 0 Å². The molecule has 92 valence electrons. The van der Waals surface area contributed by atoms with Crippen LogP contribution in [0.4, 0.5) is 0 Å². The van der Waals surface area contributed by atoms with Crippen LogP contribution < -0.4 is 0 Å². The van der Waals surface area contributed by atoms with E-state index >= 15 is 0 Å². The van der Waals surface area contributed by atoms with Crippen LogP contribution in [0.25, 0.3) is 0 Å². The molecule has 0 radical (unpaired) electrons. The zero-order valence-corrected chi connectivity index (χ0v) is 11.3. The van der Waals surface area contributed by atoms with Gasteiger partial charge in [-0.15, -0.1) is 6.58 Å². The minimum absolute atomic E-state index is 0.386. The van der Waals surface area contributed by atoms with Crippen molar-refractivity contribution in [1.82, 2.24) is 5.01 Å². The van der Waals surface area contributed by atoms with Crippen LogP contribution in [0.15, 0.2) is 47.6 Å². The minimum atomic E-state index is 0.386. The first kappa shape index (κ1) is 13.5. The van der Waals surface area contributed by atoms with Crippen molar-refractivity contribution in [3.63, 3.8) is 0 Å². The zero-order valence-electron chi connectivity index (χ0n) is 11.3. The second-order valence-corrected chi connectivity index (χ2v) is 4.76. The van der Waals surface area contributed by atoms with Gasteiger partial charge >= 0.3 is 0 Å². The van der Waals surface area contributed by atoms with Gasteiger partial charge < -0.3 is 5.01 Å². The molecule has 0 amide bonds. The Morgan fingerprint density at radius 1 is 1.29 bits per heavy atom. The molecule has 0 fully saturated rings. The summed E-state index contributed by atoms with van der Waals surface area (Å²) in [4.78, 5) is 0. The molecular weight excluding hydrogens is 208 g/mol. The highest BCUT2D eigenvalue weighted by Crippen LogP contribution is 2.17. The average Bonchev–Trinajstić information content (AvgIpc) is 2.25. The van der Waals surface area contributed by atoms with Gasteiger partial charge in [0.1, 0.15) is 0 Å². The molecule has 0 aliphatic heterocycles. The summed E-state index contributed by atoms with van der Waals surface area (Å²) in [5.74, 6) is 0.386. The topological polar surface area (TPSA) is 15.6 Å². The highest BCUT2D eigenvalue weighted by molar-refractivity contribution is 6.02. The smallest absolute Gasteiger partial charge is 0.0708 e. The molecule has 0 aliphatic rings. The van der Waals surface area contributed by atoms with Gasteiger partial charge in [-0.05, 0) is 18.9 Å². The number of allylic oxidation sites excluding steroid dienone is 1. The summed E-state index contributed by atoms with van der Waals surface area (Å²) in [6.45, 7) is 8.24.